The van der Waals surface area contributed by atoms with Gasteiger partial charge in [-0.05, 0) is 49.2 Å². The molecule has 0 saturated heterocycles. The fourth-order valence-electron chi connectivity index (χ4n) is 3.47. The smallest absolute Gasteiger partial charge is 0.341 e. The molecule has 0 bridgehead atoms. The van der Waals surface area contributed by atoms with Gasteiger partial charge in [0, 0.05) is 17.9 Å². The van der Waals surface area contributed by atoms with Gasteiger partial charge in [-0.1, -0.05) is 30.3 Å². The second-order valence-electron chi connectivity index (χ2n) is 6.89. The van der Waals surface area contributed by atoms with Crippen molar-refractivity contribution >= 4 is 23.3 Å². The van der Waals surface area contributed by atoms with E-state index in [4.69, 9.17) is 9.15 Å². The molecule has 1 amide bonds. The van der Waals surface area contributed by atoms with E-state index >= 15 is 0 Å². The Kier molecular flexibility index (Phi) is 5.33. The van der Waals surface area contributed by atoms with Crippen LogP contribution in [-0.4, -0.2) is 24.5 Å². The van der Waals surface area contributed by atoms with E-state index in [1.54, 1.807) is 42.4 Å². The molecule has 6 heteroatoms. The van der Waals surface area contributed by atoms with E-state index in [1.165, 1.54) is 0 Å². The second-order valence-corrected chi connectivity index (χ2v) is 6.89. The van der Waals surface area contributed by atoms with E-state index in [0.717, 1.165) is 23.4 Å². The lowest BCUT2D eigenvalue weighted by Crippen LogP contribution is -2.39. The summed E-state index contributed by atoms with van der Waals surface area (Å²) in [5, 5.41) is 3.18. The first-order valence-corrected chi connectivity index (χ1v) is 9.59. The zero-order chi connectivity index (χ0) is 20.2. The second kappa shape index (κ2) is 8.22. The third-order valence-corrected chi connectivity index (χ3v) is 4.96. The molecular weight excluding hydrogens is 368 g/mol. The number of hydrogen-bond acceptors (Lipinski definition) is 5. The number of benzene rings is 2. The van der Waals surface area contributed by atoms with E-state index in [0.29, 0.717) is 24.3 Å². The van der Waals surface area contributed by atoms with Crippen molar-refractivity contribution in [1.29, 1.82) is 0 Å². The van der Waals surface area contributed by atoms with Crippen molar-refractivity contribution in [3.8, 4) is 0 Å². The van der Waals surface area contributed by atoms with Gasteiger partial charge in [0.25, 0.3) is 5.91 Å². The molecule has 1 aliphatic heterocycles. The normalized spacial score (nSPS) is 13.6. The highest BCUT2D eigenvalue weighted by Gasteiger charge is 2.30. The molecule has 1 atom stereocenters. The Morgan fingerprint density at radius 1 is 1.10 bits per heavy atom. The molecule has 1 aliphatic rings. The van der Waals surface area contributed by atoms with Crippen LogP contribution in [0.5, 0.6) is 0 Å². The van der Waals surface area contributed by atoms with E-state index in [1.807, 2.05) is 36.4 Å². The zero-order valence-corrected chi connectivity index (χ0v) is 16.1. The number of ether oxygens (including phenoxy) is 1. The minimum Gasteiger partial charge on any atom is -0.467 e. The van der Waals surface area contributed by atoms with E-state index < -0.39 is 12.1 Å². The first kappa shape index (κ1) is 18.8. The Balaban J connectivity index is 1.43. The summed E-state index contributed by atoms with van der Waals surface area (Å²) in [6, 6.07) is 18.5. The molecule has 1 aromatic heterocycles. The molecule has 0 fully saturated rings. The number of hydrogen-bond donors (Lipinski definition) is 1. The Bertz CT molecular complexity index is 1010. The molecular formula is C23H22N2O4. The summed E-state index contributed by atoms with van der Waals surface area (Å²) >= 11 is 0. The van der Waals surface area contributed by atoms with Gasteiger partial charge in [0.1, 0.15) is 5.76 Å². The molecule has 0 radical (unpaired) electrons. The van der Waals surface area contributed by atoms with Crippen molar-refractivity contribution in [3.05, 3.63) is 83.8 Å². The topological polar surface area (TPSA) is 71.8 Å². The summed E-state index contributed by atoms with van der Waals surface area (Å²) in [7, 11) is 0. The monoisotopic (exact) mass is 390 g/mol. The van der Waals surface area contributed by atoms with Crippen molar-refractivity contribution in [2.45, 2.75) is 26.0 Å². The lowest BCUT2D eigenvalue weighted by molar-refractivity contribution is -0.126. The standard InChI is InChI=1S/C23H22N2O4/c1-16(22(26)25-13-12-17-7-2-5-11-21(17)25)29-23(27)19-9-3-4-10-20(19)24-15-18-8-6-14-28-18/h2-11,14,16,24H,12-13,15H2,1H3/t16-/m0/s1. The van der Waals surface area contributed by atoms with Gasteiger partial charge in [0.05, 0.1) is 18.4 Å². The first-order chi connectivity index (χ1) is 14.1. The minimum atomic E-state index is -0.883. The van der Waals surface area contributed by atoms with Crippen LogP contribution < -0.4 is 10.2 Å². The Morgan fingerprint density at radius 3 is 2.72 bits per heavy atom. The third kappa shape index (κ3) is 4.01. The predicted octanol–water partition coefficient (Wildman–Crippen LogP) is 4.03. The van der Waals surface area contributed by atoms with Crippen molar-refractivity contribution in [3.63, 3.8) is 0 Å². The van der Waals surface area contributed by atoms with Gasteiger partial charge in [-0.2, -0.15) is 0 Å². The van der Waals surface area contributed by atoms with Crippen LogP contribution >= 0.6 is 0 Å². The highest BCUT2D eigenvalue weighted by atomic mass is 16.5. The SMILES string of the molecule is C[C@H](OC(=O)c1ccccc1NCc1ccco1)C(=O)N1CCc2ccccc21. The summed E-state index contributed by atoms with van der Waals surface area (Å²) < 4.78 is 10.8. The van der Waals surface area contributed by atoms with Crippen LogP contribution in [0, 0.1) is 0 Å². The number of amides is 1. The van der Waals surface area contributed by atoms with Crippen LogP contribution in [-0.2, 0) is 22.5 Å². The number of esters is 1. The van der Waals surface area contributed by atoms with Gasteiger partial charge >= 0.3 is 5.97 Å². The molecule has 0 unspecified atom stereocenters. The number of furan rings is 1. The summed E-state index contributed by atoms with van der Waals surface area (Å²) in [5.74, 6) is -0.00498. The van der Waals surface area contributed by atoms with Crippen molar-refractivity contribution in [1.82, 2.24) is 0 Å². The van der Waals surface area contributed by atoms with Crippen LogP contribution in [0.25, 0.3) is 0 Å². The Morgan fingerprint density at radius 2 is 1.90 bits per heavy atom. The Hall–Kier alpha value is -3.54. The average molecular weight is 390 g/mol. The van der Waals surface area contributed by atoms with Gasteiger partial charge in [-0.25, -0.2) is 4.79 Å². The third-order valence-electron chi connectivity index (χ3n) is 4.96. The first-order valence-electron chi connectivity index (χ1n) is 9.59. The zero-order valence-electron chi connectivity index (χ0n) is 16.1. The van der Waals surface area contributed by atoms with Crippen LogP contribution in [0.15, 0.2) is 71.3 Å². The number of nitrogens with one attached hydrogen (secondary N) is 1. The number of carbonyl (C=O) groups excluding carboxylic acids is 2. The molecule has 6 nitrogen and oxygen atoms in total. The maximum absolute atomic E-state index is 12.9. The molecule has 1 N–H and O–H groups in total. The van der Waals surface area contributed by atoms with Gasteiger partial charge in [0.15, 0.2) is 6.10 Å². The average Bonchev–Trinajstić information content (AvgIpc) is 3.41. The number of nitrogens with zero attached hydrogens (tertiary/aromatic N) is 1. The lowest BCUT2D eigenvalue weighted by Gasteiger charge is -2.22. The highest BCUT2D eigenvalue weighted by Crippen LogP contribution is 2.28. The maximum Gasteiger partial charge on any atom is 0.341 e. The highest BCUT2D eigenvalue weighted by molar-refractivity contribution is 6.01. The minimum absolute atomic E-state index is 0.218. The van der Waals surface area contributed by atoms with Gasteiger partial charge < -0.3 is 19.4 Å². The number of anilines is 2. The molecule has 4 rings (SSSR count). The maximum atomic E-state index is 12.9. The molecule has 2 heterocycles. The fraction of sp³-hybridized carbons (Fsp3) is 0.217. The van der Waals surface area contributed by atoms with Gasteiger partial charge in [0.2, 0.25) is 0 Å². The molecule has 0 saturated carbocycles. The number of carbonyl (C=O) groups is 2. The van der Waals surface area contributed by atoms with E-state index in [9.17, 15) is 9.59 Å². The fourth-order valence-corrected chi connectivity index (χ4v) is 3.47. The van der Waals surface area contributed by atoms with Crippen molar-refractivity contribution in [2.75, 3.05) is 16.8 Å². The predicted molar refractivity (Wildman–Crippen MR) is 110 cm³/mol. The largest absolute Gasteiger partial charge is 0.467 e. The molecule has 29 heavy (non-hydrogen) atoms. The molecule has 148 valence electrons. The molecule has 0 spiro atoms. The van der Waals surface area contributed by atoms with Gasteiger partial charge in [-0.15, -0.1) is 0 Å². The molecule has 0 aliphatic carbocycles. The van der Waals surface area contributed by atoms with Crippen LogP contribution in [0.4, 0.5) is 11.4 Å². The van der Waals surface area contributed by atoms with E-state index in [2.05, 4.69) is 5.32 Å². The summed E-state index contributed by atoms with van der Waals surface area (Å²) in [4.78, 5) is 27.3. The number of fused-ring (bicyclic) bond motifs is 1. The quantitative estimate of drug-likeness (QED) is 0.644. The summed E-state index contributed by atoms with van der Waals surface area (Å²) in [6.07, 6.45) is 1.52. The van der Waals surface area contributed by atoms with Crippen molar-refractivity contribution in [2.24, 2.45) is 0 Å². The van der Waals surface area contributed by atoms with Crippen LogP contribution in [0.2, 0.25) is 0 Å². The summed E-state index contributed by atoms with van der Waals surface area (Å²) in [5.41, 5.74) is 3.02. The summed E-state index contributed by atoms with van der Waals surface area (Å²) in [6.45, 7) is 2.65. The van der Waals surface area contributed by atoms with Crippen LogP contribution in [0.3, 0.4) is 0 Å². The lowest BCUT2D eigenvalue weighted by atomic mass is 10.1. The number of rotatable bonds is 6. The molecule has 3 aromatic rings. The van der Waals surface area contributed by atoms with Gasteiger partial charge in [-0.3, -0.25) is 4.79 Å². The van der Waals surface area contributed by atoms with Crippen LogP contribution in [0.1, 0.15) is 28.6 Å². The van der Waals surface area contributed by atoms with Crippen molar-refractivity contribution < 1.29 is 18.7 Å². The number of para-hydroxylation sites is 2. The molecule has 2 aromatic carbocycles. The van der Waals surface area contributed by atoms with E-state index in [-0.39, 0.29) is 5.91 Å². The Labute approximate surface area is 169 Å².